The predicted octanol–water partition coefficient (Wildman–Crippen LogP) is 3.38. The van der Waals surface area contributed by atoms with Crippen molar-refractivity contribution in [2.45, 2.75) is 25.8 Å². The van der Waals surface area contributed by atoms with Gasteiger partial charge in [-0.15, -0.1) is 0 Å². The van der Waals surface area contributed by atoms with Gasteiger partial charge in [0, 0.05) is 17.8 Å². The Morgan fingerprint density at radius 1 is 1.12 bits per heavy atom. The largest absolute Gasteiger partial charge is 0.327 e. The van der Waals surface area contributed by atoms with Gasteiger partial charge in [-0.25, -0.2) is 4.39 Å². The number of hydrogen-bond donors (Lipinski definition) is 1. The zero-order valence-corrected chi connectivity index (χ0v) is 13.5. The first kappa shape index (κ1) is 16.2. The number of carbonyl (C=O) groups is 2. The van der Waals surface area contributed by atoms with Crippen molar-refractivity contribution in [2.75, 3.05) is 11.9 Å². The molecular weight excluding hydrogens is 307 g/mol. The molecule has 4 nitrogen and oxygen atoms in total. The minimum atomic E-state index is -0.498. The van der Waals surface area contributed by atoms with Gasteiger partial charge in [0.25, 0.3) is 5.91 Å². The van der Waals surface area contributed by atoms with E-state index >= 15 is 0 Å². The van der Waals surface area contributed by atoms with Crippen molar-refractivity contribution >= 4 is 17.5 Å². The Morgan fingerprint density at radius 3 is 2.54 bits per heavy atom. The molecule has 2 aromatic carbocycles. The summed E-state index contributed by atoms with van der Waals surface area (Å²) in [6.45, 7) is 2.45. The molecule has 24 heavy (non-hydrogen) atoms. The molecule has 0 aliphatic carbocycles. The number of carbonyl (C=O) groups excluding carboxylic acids is 2. The molecule has 1 N–H and O–H groups in total. The smallest absolute Gasteiger partial charge is 0.254 e. The summed E-state index contributed by atoms with van der Waals surface area (Å²) in [7, 11) is 0. The predicted molar refractivity (Wildman–Crippen MR) is 90.3 cm³/mol. The lowest BCUT2D eigenvalue weighted by atomic mass is 10.1. The lowest BCUT2D eigenvalue weighted by molar-refractivity contribution is -0.119. The molecule has 0 bridgehead atoms. The average molecular weight is 326 g/mol. The van der Waals surface area contributed by atoms with Crippen LogP contribution in [0.15, 0.2) is 48.5 Å². The zero-order chi connectivity index (χ0) is 17.1. The first-order chi connectivity index (χ1) is 11.6. The van der Waals surface area contributed by atoms with Gasteiger partial charge in [0.2, 0.25) is 5.91 Å². The molecule has 5 heteroatoms. The molecule has 0 aromatic heterocycles. The summed E-state index contributed by atoms with van der Waals surface area (Å²) in [4.78, 5) is 26.8. The van der Waals surface area contributed by atoms with Gasteiger partial charge < -0.3 is 10.2 Å². The zero-order valence-electron chi connectivity index (χ0n) is 13.5. The van der Waals surface area contributed by atoms with E-state index < -0.39 is 6.04 Å². The fraction of sp³-hybridized carbons (Fsp3) is 0.263. The monoisotopic (exact) mass is 326 g/mol. The number of nitrogens with zero attached hydrogens (tertiary/aromatic N) is 1. The average Bonchev–Trinajstić information content (AvgIpc) is 3.07. The van der Waals surface area contributed by atoms with Crippen LogP contribution in [-0.4, -0.2) is 29.3 Å². The Kier molecular flexibility index (Phi) is 4.60. The Bertz CT molecular complexity index is 758. The maximum Gasteiger partial charge on any atom is 0.254 e. The standard InChI is InChI=1S/C19H19FN2O2/c1-13-5-2-3-6-16(13)21-18(23)17-7-4-12-22(17)19(24)14-8-10-15(20)11-9-14/h2-3,5-6,8-11,17H,4,7,12H2,1H3,(H,21,23). The highest BCUT2D eigenvalue weighted by atomic mass is 19.1. The molecule has 2 amide bonds. The lowest BCUT2D eigenvalue weighted by Gasteiger charge is -2.24. The van der Waals surface area contributed by atoms with Crippen LogP contribution < -0.4 is 5.32 Å². The van der Waals surface area contributed by atoms with Gasteiger partial charge in [-0.3, -0.25) is 9.59 Å². The van der Waals surface area contributed by atoms with Crippen molar-refractivity contribution in [2.24, 2.45) is 0 Å². The number of likely N-dealkylation sites (tertiary alicyclic amines) is 1. The topological polar surface area (TPSA) is 49.4 Å². The minimum absolute atomic E-state index is 0.183. The van der Waals surface area contributed by atoms with Crippen LogP contribution in [0.3, 0.4) is 0 Å². The highest BCUT2D eigenvalue weighted by Gasteiger charge is 2.34. The second-order valence-electron chi connectivity index (χ2n) is 5.97. The summed E-state index contributed by atoms with van der Waals surface area (Å²) in [6.07, 6.45) is 1.41. The van der Waals surface area contributed by atoms with Gasteiger partial charge in [-0.1, -0.05) is 18.2 Å². The van der Waals surface area contributed by atoms with E-state index in [9.17, 15) is 14.0 Å². The lowest BCUT2D eigenvalue weighted by Crippen LogP contribution is -2.43. The summed E-state index contributed by atoms with van der Waals surface area (Å²) in [5.41, 5.74) is 2.12. The van der Waals surface area contributed by atoms with Crippen LogP contribution in [0.4, 0.5) is 10.1 Å². The molecule has 1 fully saturated rings. The fourth-order valence-electron chi connectivity index (χ4n) is 2.97. The minimum Gasteiger partial charge on any atom is -0.327 e. The first-order valence-electron chi connectivity index (χ1n) is 7.99. The molecule has 0 saturated carbocycles. The second kappa shape index (κ2) is 6.83. The van der Waals surface area contributed by atoms with Crippen LogP contribution in [0.5, 0.6) is 0 Å². The first-order valence-corrected chi connectivity index (χ1v) is 7.99. The van der Waals surface area contributed by atoms with Crippen molar-refractivity contribution in [3.63, 3.8) is 0 Å². The van der Waals surface area contributed by atoms with Crippen molar-refractivity contribution < 1.29 is 14.0 Å². The SMILES string of the molecule is Cc1ccccc1NC(=O)C1CCCN1C(=O)c1ccc(F)cc1. The number of nitrogens with one attached hydrogen (secondary N) is 1. The van der Waals surface area contributed by atoms with Crippen LogP contribution in [0.25, 0.3) is 0 Å². The van der Waals surface area contributed by atoms with Crippen molar-refractivity contribution in [1.29, 1.82) is 0 Å². The second-order valence-corrected chi connectivity index (χ2v) is 5.97. The third-order valence-corrected chi connectivity index (χ3v) is 4.31. The van der Waals surface area contributed by atoms with Gasteiger partial charge in [0.05, 0.1) is 0 Å². The van der Waals surface area contributed by atoms with E-state index in [2.05, 4.69) is 5.32 Å². The Labute approximate surface area is 140 Å². The molecule has 124 valence electrons. The number of aryl methyl sites for hydroxylation is 1. The quantitative estimate of drug-likeness (QED) is 0.940. The van der Waals surface area contributed by atoms with E-state index in [1.165, 1.54) is 24.3 Å². The van der Waals surface area contributed by atoms with Crippen LogP contribution >= 0.6 is 0 Å². The molecule has 1 saturated heterocycles. The van der Waals surface area contributed by atoms with Crippen molar-refractivity contribution in [3.05, 3.63) is 65.5 Å². The number of rotatable bonds is 3. The molecule has 1 atom stereocenters. The Morgan fingerprint density at radius 2 is 1.83 bits per heavy atom. The van der Waals surface area contributed by atoms with Gasteiger partial charge in [-0.05, 0) is 55.7 Å². The van der Waals surface area contributed by atoms with Crippen LogP contribution in [0, 0.1) is 12.7 Å². The number of anilines is 1. The molecule has 3 rings (SSSR count). The number of amides is 2. The fourth-order valence-corrected chi connectivity index (χ4v) is 2.97. The van der Waals surface area contributed by atoms with Gasteiger partial charge in [0.1, 0.15) is 11.9 Å². The van der Waals surface area contributed by atoms with E-state index in [1.54, 1.807) is 4.90 Å². The molecular formula is C19H19FN2O2. The molecule has 0 spiro atoms. The number of hydrogen-bond acceptors (Lipinski definition) is 2. The molecule has 1 aliphatic heterocycles. The van der Waals surface area contributed by atoms with Crippen molar-refractivity contribution in [1.82, 2.24) is 4.90 Å². The molecule has 1 unspecified atom stereocenters. The summed E-state index contributed by atoms with van der Waals surface area (Å²) < 4.78 is 13.0. The molecule has 1 aliphatic rings. The summed E-state index contributed by atoms with van der Waals surface area (Å²) in [5, 5.41) is 2.90. The van der Waals surface area contributed by atoms with Crippen LogP contribution in [-0.2, 0) is 4.79 Å². The summed E-state index contributed by atoms with van der Waals surface area (Å²) in [6, 6.07) is 12.4. The van der Waals surface area contributed by atoms with Crippen LogP contribution in [0.1, 0.15) is 28.8 Å². The van der Waals surface area contributed by atoms with E-state index in [0.29, 0.717) is 18.5 Å². The van der Waals surface area contributed by atoms with E-state index in [1.807, 2.05) is 31.2 Å². The molecule has 2 aromatic rings. The van der Waals surface area contributed by atoms with E-state index in [-0.39, 0.29) is 17.6 Å². The molecule has 1 heterocycles. The van der Waals surface area contributed by atoms with E-state index in [4.69, 9.17) is 0 Å². The highest BCUT2D eigenvalue weighted by Crippen LogP contribution is 2.23. The maximum absolute atomic E-state index is 13.0. The molecule has 0 radical (unpaired) electrons. The number of halogens is 1. The van der Waals surface area contributed by atoms with Crippen molar-refractivity contribution in [3.8, 4) is 0 Å². The number of benzene rings is 2. The third kappa shape index (κ3) is 3.30. The Balaban J connectivity index is 1.75. The highest BCUT2D eigenvalue weighted by molar-refractivity contribution is 6.01. The van der Waals surface area contributed by atoms with Gasteiger partial charge >= 0.3 is 0 Å². The van der Waals surface area contributed by atoms with E-state index in [0.717, 1.165) is 17.7 Å². The maximum atomic E-state index is 13.0. The summed E-state index contributed by atoms with van der Waals surface area (Å²) >= 11 is 0. The van der Waals surface area contributed by atoms with Gasteiger partial charge in [0.15, 0.2) is 0 Å². The normalized spacial score (nSPS) is 16.9. The third-order valence-electron chi connectivity index (χ3n) is 4.31. The van der Waals surface area contributed by atoms with Gasteiger partial charge in [-0.2, -0.15) is 0 Å². The number of para-hydroxylation sites is 1. The Hall–Kier alpha value is -2.69. The summed E-state index contributed by atoms with van der Waals surface area (Å²) in [5.74, 6) is -0.809. The van der Waals surface area contributed by atoms with Crippen LogP contribution in [0.2, 0.25) is 0 Å².